The second-order valence-corrected chi connectivity index (χ2v) is 19.0. The highest BCUT2D eigenvalue weighted by molar-refractivity contribution is 7.19. The summed E-state index contributed by atoms with van der Waals surface area (Å²) in [6.45, 7) is 0. The van der Waals surface area contributed by atoms with E-state index in [1.165, 1.54) is 42.5 Å². The first-order valence-corrected chi connectivity index (χ1v) is 22.3. The van der Waals surface area contributed by atoms with Gasteiger partial charge in [-0.2, -0.15) is 0 Å². The molecular weight excluding hydrogens is 731 g/mol. The average molecular weight is 770 g/mol. The molecule has 278 valence electrons. The molecule has 0 amide bonds. The van der Waals surface area contributed by atoms with E-state index in [0.717, 1.165) is 50.0 Å². The first-order valence-electron chi connectivity index (χ1n) is 20.3. The summed E-state index contributed by atoms with van der Waals surface area (Å²) in [4.78, 5) is 2.36. The van der Waals surface area contributed by atoms with E-state index in [1.54, 1.807) is 0 Å². The molecule has 10 aromatic carbocycles. The van der Waals surface area contributed by atoms with Crippen LogP contribution in [0.3, 0.4) is 0 Å². The SMILES string of the molecule is c1ccc([Si](c2ccccc2)(c2ccccc2)c2ccc(-c3ccc(N(c4cccc5ccccc45)c4cccc5c4oc4c6ccccc6ccc54)cc3)cc2)cc1. The van der Waals surface area contributed by atoms with Gasteiger partial charge >= 0.3 is 0 Å². The summed E-state index contributed by atoms with van der Waals surface area (Å²) in [5.41, 5.74) is 7.29. The predicted molar refractivity (Wildman–Crippen MR) is 252 cm³/mol. The number of benzene rings is 10. The lowest BCUT2D eigenvalue weighted by atomic mass is 10.0. The molecule has 0 atom stereocenters. The van der Waals surface area contributed by atoms with E-state index in [9.17, 15) is 0 Å². The topological polar surface area (TPSA) is 16.4 Å². The molecule has 3 heteroatoms. The van der Waals surface area contributed by atoms with Crippen LogP contribution in [-0.4, -0.2) is 8.07 Å². The summed E-state index contributed by atoms with van der Waals surface area (Å²) in [6.07, 6.45) is 0. The minimum atomic E-state index is -2.61. The van der Waals surface area contributed by atoms with Gasteiger partial charge in [-0.25, -0.2) is 0 Å². The number of hydrogen-bond acceptors (Lipinski definition) is 2. The van der Waals surface area contributed by atoms with E-state index in [4.69, 9.17) is 4.42 Å². The zero-order valence-corrected chi connectivity index (χ0v) is 33.4. The first-order chi connectivity index (χ1) is 29.3. The maximum Gasteiger partial charge on any atom is 0.179 e. The van der Waals surface area contributed by atoms with Gasteiger partial charge in [-0.1, -0.05) is 206 Å². The van der Waals surface area contributed by atoms with Crippen molar-refractivity contribution in [1.29, 1.82) is 0 Å². The number of hydrogen-bond donors (Lipinski definition) is 0. The van der Waals surface area contributed by atoms with Gasteiger partial charge in [0.2, 0.25) is 0 Å². The van der Waals surface area contributed by atoms with Crippen LogP contribution in [0.5, 0.6) is 0 Å². The highest BCUT2D eigenvalue weighted by atomic mass is 28.3. The molecule has 1 aromatic heterocycles. The number of fused-ring (bicyclic) bond motifs is 6. The Morgan fingerprint density at radius 1 is 0.288 bits per heavy atom. The maximum atomic E-state index is 6.92. The fourth-order valence-electron chi connectivity index (χ4n) is 9.28. The van der Waals surface area contributed by atoms with Crippen LogP contribution in [0, 0.1) is 0 Å². The van der Waals surface area contributed by atoms with E-state index in [0.29, 0.717) is 0 Å². The molecule has 0 spiro atoms. The zero-order chi connectivity index (χ0) is 39.2. The van der Waals surface area contributed by atoms with Crippen molar-refractivity contribution in [2.24, 2.45) is 0 Å². The lowest BCUT2D eigenvalue weighted by Gasteiger charge is -2.34. The van der Waals surface area contributed by atoms with E-state index in [-0.39, 0.29) is 0 Å². The zero-order valence-electron chi connectivity index (χ0n) is 32.4. The first kappa shape index (κ1) is 34.8. The third kappa shape index (κ3) is 5.78. The van der Waals surface area contributed by atoms with Crippen LogP contribution in [0.2, 0.25) is 0 Å². The van der Waals surface area contributed by atoms with Crippen LogP contribution in [-0.2, 0) is 0 Å². The molecular formula is C56H39NOSi. The van der Waals surface area contributed by atoms with Crippen molar-refractivity contribution in [3.05, 3.63) is 237 Å². The lowest BCUT2D eigenvalue weighted by molar-refractivity contribution is 0.673. The van der Waals surface area contributed by atoms with Crippen molar-refractivity contribution in [2.45, 2.75) is 0 Å². The Morgan fingerprint density at radius 3 is 1.36 bits per heavy atom. The predicted octanol–water partition coefficient (Wildman–Crippen LogP) is 12.4. The van der Waals surface area contributed by atoms with Gasteiger partial charge < -0.3 is 9.32 Å². The summed E-state index contributed by atoms with van der Waals surface area (Å²) >= 11 is 0. The van der Waals surface area contributed by atoms with E-state index >= 15 is 0 Å². The molecule has 0 fully saturated rings. The van der Waals surface area contributed by atoms with Crippen molar-refractivity contribution in [3.63, 3.8) is 0 Å². The van der Waals surface area contributed by atoms with E-state index < -0.39 is 8.07 Å². The second-order valence-electron chi connectivity index (χ2n) is 15.2. The molecule has 0 aliphatic heterocycles. The largest absolute Gasteiger partial charge is 0.453 e. The number of anilines is 3. The molecule has 0 radical (unpaired) electrons. The van der Waals surface area contributed by atoms with Crippen LogP contribution < -0.4 is 25.6 Å². The van der Waals surface area contributed by atoms with Crippen LogP contribution in [0.25, 0.3) is 54.6 Å². The van der Waals surface area contributed by atoms with Gasteiger partial charge in [0.25, 0.3) is 0 Å². The minimum Gasteiger partial charge on any atom is -0.453 e. The van der Waals surface area contributed by atoms with Gasteiger partial charge in [0.15, 0.2) is 13.7 Å². The Hall–Kier alpha value is -7.46. The van der Waals surface area contributed by atoms with Crippen molar-refractivity contribution >= 4 is 89.4 Å². The Bertz CT molecular complexity index is 3150. The molecule has 0 aliphatic carbocycles. The molecule has 0 bridgehead atoms. The van der Waals surface area contributed by atoms with E-state index in [2.05, 4.69) is 241 Å². The normalized spacial score (nSPS) is 11.7. The highest BCUT2D eigenvalue weighted by Crippen LogP contribution is 2.45. The van der Waals surface area contributed by atoms with Gasteiger partial charge in [-0.3, -0.25) is 0 Å². The summed E-state index contributed by atoms with van der Waals surface area (Å²) in [6, 6.07) is 86.2. The smallest absolute Gasteiger partial charge is 0.179 e. The second kappa shape index (κ2) is 14.5. The molecule has 59 heavy (non-hydrogen) atoms. The standard InChI is InChI=1S/C56H39NOSi/c1-4-19-45(20-5-1)59(46-21-6-2-7-22-46,47-23-8-3-9-24-47)48-37-32-41(33-38-48)40-30-35-44(36-31-40)57(53-28-14-18-42-16-10-12-25-49(42)53)54-29-15-27-51-52-39-34-43-17-11-13-26-50(43)55(52)58-56(51)54/h1-39H. The Labute approximate surface area is 344 Å². The molecule has 11 rings (SSSR count). The van der Waals surface area contributed by atoms with Crippen LogP contribution in [0.4, 0.5) is 17.1 Å². The third-order valence-electron chi connectivity index (χ3n) is 12.0. The fraction of sp³-hybridized carbons (Fsp3) is 0. The Kier molecular flexibility index (Phi) is 8.53. The number of nitrogens with zero attached hydrogens (tertiary/aromatic N) is 1. The number of rotatable bonds is 8. The Morgan fingerprint density at radius 2 is 0.729 bits per heavy atom. The van der Waals surface area contributed by atoms with Crippen molar-refractivity contribution in [3.8, 4) is 11.1 Å². The molecule has 0 saturated carbocycles. The van der Waals surface area contributed by atoms with Crippen LogP contribution in [0.15, 0.2) is 241 Å². The van der Waals surface area contributed by atoms with Gasteiger partial charge in [0.1, 0.15) is 5.58 Å². The van der Waals surface area contributed by atoms with Crippen molar-refractivity contribution < 1.29 is 4.42 Å². The summed E-state index contributed by atoms with van der Waals surface area (Å²) in [5.74, 6) is 0. The molecule has 2 nitrogen and oxygen atoms in total. The van der Waals surface area contributed by atoms with Crippen LogP contribution in [0.1, 0.15) is 0 Å². The minimum absolute atomic E-state index is 0.870. The fourth-order valence-corrected chi connectivity index (χ4v) is 14.0. The highest BCUT2D eigenvalue weighted by Gasteiger charge is 2.41. The summed E-state index contributed by atoms with van der Waals surface area (Å²) in [7, 11) is -2.61. The molecule has 0 saturated heterocycles. The van der Waals surface area contributed by atoms with E-state index in [1.807, 2.05) is 0 Å². The van der Waals surface area contributed by atoms with Crippen molar-refractivity contribution in [1.82, 2.24) is 0 Å². The van der Waals surface area contributed by atoms with Crippen LogP contribution >= 0.6 is 0 Å². The summed E-state index contributed by atoms with van der Waals surface area (Å²) in [5, 5.41) is 12.4. The van der Waals surface area contributed by atoms with Gasteiger partial charge in [0, 0.05) is 27.2 Å². The molecule has 1 heterocycles. The quantitative estimate of drug-likeness (QED) is 0.113. The molecule has 0 N–H and O–H groups in total. The average Bonchev–Trinajstić information content (AvgIpc) is 3.71. The van der Waals surface area contributed by atoms with Crippen molar-refractivity contribution in [2.75, 3.05) is 4.90 Å². The maximum absolute atomic E-state index is 6.92. The number of furan rings is 1. The monoisotopic (exact) mass is 769 g/mol. The molecule has 0 unspecified atom stereocenters. The lowest BCUT2D eigenvalue weighted by Crippen LogP contribution is -2.74. The summed E-state index contributed by atoms with van der Waals surface area (Å²) < 4.78 is 6.92. The van der Waals surface area contributed by atoms with Gasteiger partial charge in [-0.15, -0.1) is 0 Å². The Balaban J connectivity index is 1.04. The third-order valence-corrected chi connectivity index (χ3v) is 16.8. The molecule has 0 aliphatic rings. The van der Waals surface area contributed by atoms with Gasteiger partial charge in [0.05, 0.1) is 11.4 Å². The number of para-hydroxylation sites is 1. The molecule has 11 aromatic rings. The van der Waals surface area contributed by atoms with Gasteiger partial charge in [-0.05, 0) is 73.0 Å².